The van der Waals surface area contributed by atoms with Crippen LogP contribution in [0.25, 0.3) is 5.57 Å². The standard InChI is InChI=1S/C19H22N4O/c1-3-14-4-6-15(7-5-14)16-10-12-23(13-11-16)18-9-8-17(21-22-18)19(24)20-2/h4-10H,3,11-13H2,1-2H3,(H,20,24). The summed E-state index contributed by atoms with van der Waals surface area (Å²) in [6, 6.07) is 12.4. The number of aromatic nitrogens is 2. The largest absolute Gasteiger partial charge is 0.354 e. The molecule has 1 aromatic heterocycles. The van der Waals surface area contributed by atoms with Gasteiger partial charge in [-0.2, -0.15) is 0 Å². The topological polar surface area (TPSA) is 58.1 Å². The Morgan fingerprint density at radius 2 is 1.96 bits per heavy atom. The van der Waals surface area contributed by atoms with E-state index in [1.807, 2.05) is 6.07 Å². The molecular formula is C19H22N4O. The van der Waals surface area contributed by atoms with Gasteiger partial charge < -0.3 is 10.2 Å². The Bertz CT molecular complexity index is 735. The van der Waals surface area contributed by atoms with Crippen molar-refractivity contribution in [2.24, 2.45) is 0 Å². The minimum Gasteiger partial charge on any atom is -0.354 e. The smallest absolute Gasteiger partial charge is 0.271 e. The van der Waals surface area contributed by atoms with Crippen molar-refractivity contribution in [2.75, 3.05) is 25.0 Å². The predicted octanol–water partition coefficient (Wildman–Crippen LogP) is 2.69. The van der Waals surface area contributed by atoms with E-state index in [1.165, 1.54) is 16.7 Å². The van der Waals surface area contributed by atoms with Gasteiger partial charge in [-0.05, 0) is 41.7 Å². The Kier molecular flexibility index (Phi) is 4.89. The molecule has 0 saturated carbocycles. The molecule has 5 nitrogen and oxygen atoms in total. The lowest BCUT2D eigenvalue weighted by Crippen LogP contribution is -2.29. The van der Waals surface area contributed by atoms with Crippen LogP contribution in [0.2, 0.25) is 0 Å². The summed E-state index contributed by atoms with van der Waals surface area (Å²) in [6.45, 7) is 3.87. The summed E-state index contributed by atoms with van der Waals surface area (Å²) < 4.78 is 0. The van der Waals surface area contributed by atoms with Gasteiger partial charge in [-0.1, -0.05) is 37.3 Å². The highest BCUT2D eigenvalue weighted by Gasteiger charge is 2.15. The minimum absolute atomic E-state index is 0.217. The van der Waals surface area contributed by atoms with Crippen molar-refractivity contribution < 1.29 is 4.79 Å². The molecule has 2 heterocycles. The summed E-state index contributed by atoms with van der Waals surface area (Å²) in [5.74, 6) is 0.588. The number of nitrogens with zero attached hydrogens (tertiary/aromatic N) is 3. The summed E-state index contributed by atoms with van der Waals surface area (Å²) >= 11 is 0. The quantitative estimate of drug-likeness (QED) is 0.940. The lowest BCUT2D eigenvalue weighted by Gasteiger charge is -2.27. The van der Waals surface area contributed by atoms with Gasteiger partial charge >= 0.3 is 0 Å². The molecule has 24 heavy (non-hydrogen) atoms. The van der Waals surface area contributed by atoms with Crippen LogP contribution in [0.1, 0.15) is 35.0 Å². The molecule has 1 amide bonds. The number of amides is 1. The van der Waals surface area contributed by atoms with Crippen LogP contribution < -0.4 is 10.2 Å². The van der Waals surface area contributed by atoms with E-state index >= 15 is 0 Å². The zero-order chi connectivity index (χ0) is 16.9. The average Bonchev–Trinajstić information content (AvgIpc) is 2.68. The molecule has 0 bridgehead atoms. The minimum atomic E-state index is -0.217. The second-order valence-electron chi connectivity index (χ2n) is 5.83. The molecule has 0 radical (unpaired) electrons. The van der Waals surface area contributed by atoms with Gasteiger partial charge in [0.25, 0.3) is 5.91 Å². The van der Waals surface area contributed by atoms with Gasteiger partial charge in [-0.3, -0.25) is 4.79 Å². The van der Waals surface area contributed by atoms with Crippen LogP contribution in [0.3, 0.4) is 0 Å². The van der Waals surface area contributed by atoms with Crippen molar-refractivity contribution in [2.45, 2.75) is 19.8 Å². The van der Waals surface area contributed by atoms with Crippen molar-refractivity contribution in [1.29, 1.82) is 0 Å². The van der Waals surface area contributed by atoms with Gasteiger partial charge in [0.1, 0.15) is 0 Å². The number of hydrogen-bond donors (Lipinski definition) is 1. The Morgan fingerprint density at radius 1 is 1.17 bits per heavy atom. The molecule has 1 N–H and O–H groups in total. The first-order valence-electron chi connectivity index (χ1n) is 8.30. The van der Waals surface area contributed by atoms with Crippen LogP contribution in [0.4, 0.5) is 5.82 Å². The lowest BCUT2D eigenvalue weighted by molar-refractivity contribution is 0.0957. The number of benzene rings is 1. The maximum atomic E-state index is 11.5. The normalized spacial score (nSPS) is 14.2. The van der Waals surface area contributed by atoms with Crippen LogP contribution in [0.15, 0.2) is 42.5 Å². The maximum absolute atomic E-state index is 11.5. The van der Waals surface area contributed by atoms with Gasteiger partial charge in [0.15, 0.2) is 11.5 Å². The lowest BCUT2D eigenvalue weighted by atomic mass is 9.98. The van der Waals surface area contributed by atoms with Crippen LogP contribution in [-0.4, -0.2) is 36.2 Å². The maximum Gasteiger partial charge on any atom is 0.271 e. The van der Waals surface area contributed by atoms with E-state index in [1.54, 1.807) is 13.1 Å². The predicted molar refractivity (Wildman–Crippen MR) is 96.0 cm³/mol. The van der Waals surface area contributed by atoms with E-state index in [0.29, 0.717) is 5.69 Å². The van der Waals surface area contributed by atoms with Crippen molar-refractivity contribution in [3.63, 3.8) is 0 Å². The van der Waals surface area contributed by atoms with E-state index in [9.17, 15) is 4.79 Å². The zero-order valence-corrected chi connectivity index (χ0v) is 14.1. The van der Waals surface area contributed by atoms with Crippen molar-refractivity contribution in [3.05, 3.63) is 59.3 Å². The SMILES string of the molecule is CCc1ccc(C2=CCN(c3ccc(C(=O)NC)nn3)CC2)cc1. The van der Waals surface area contributed by atoms with Crippen molar-refractivity contribution >= 4 is 17.3 Å². The molecule has 0 saturated heterocycles. The zero-order valence-electron chi connectivity index (χ0n) is 14.1. The van der Waals surface area contributed by atoms with E-state index in [-0.39, 0.29) is 5.91 Å². The van der Waals surface area contributed by atoms with Crippen molar-refractivity contribution in [3.8, 4) is 0 Å². The van der Waals surface area contributed by atoms with Crippen LogP contribution in [-0.2, 0) is 6.42 Å². The Morgan fingerprint density at radius 3 is 2.50 bits per heavy atom. The number of carbonyl (C=O) groups is 1. The summed E-state index contributed by atoms with van der Waals surface area (Å²) in [4.78, 5) is 13.7. The van der Waals surface area contributed by atoms with Gasteiger partial charge in [0.2, 0.25) is 0 Å². The first kappa shape index (κ1) is 16.2. The van der Waals surface area contributed by atoms with E-state index < -0.39 is 0 Å². The molecule has 0 aliphatic carbocycles. The van der Waals surface area contributed by atoms with E-state index in [2.05, 4.69) is 57.7 Å². The second-order valence-corrected chi connectivity index (χ2v) is 5.83. The van der Waals surface area contributed by atoms with Gasteiger partial charge in [-0.15, -0.1) is 10.2 Å². The van der Waals surface area contributed by atoms with Crippen LogP contribution in [0.5, 0.6) is 0 Å². The summed E-state index contributed by atoms with van der Waals surface area (Å²) in [7, 11) is 1.59. The monoisotopic (exact) mass is 322 g/mol. The number of carbonyl (C=O) groups excluding carboxylic acids is 1. The molecular weight excluding hydrogens is 300 g/mol. The molecule has 1 aromatic carbocycles. The highest BCUT2D eigenvalue weighted by atomic mass is 16.1. The van der Waals surface area contributed by atoms with Crippen LogP contribution >= 0.6 is 0 Å². The summed E-state index contributed by atoms with van der Waals surface area (Å²) in [5, 5.41) is 10.7. The average molecular weight is 322 g/mol. The number of hydrogen-bond acceptors (Lipinski definition) is 4. The van der Waals surface area contributed by atoms with Gasteiger partial charge in [0.05, 0.1) is 0 Å². The number of rotatable bonds is 4. The summed E-state index contributed by atoms with van der Waals surface area (Å²) in [6.07, 6.45) is 4.29. The fourth-order valence-corrected chi connectivity index (χ4v) is 2.84. The van der Waals surface area contributed by atoms with Gasteiger partial charge in [0, 0.05) is 20.1 Å². The van der Waals surface area contributed by atoms with Crippen molar-refractivity contribution in [1.82, 2.24) is 15.5 Å². The molecule has 0 atom stereocenters. The van der Waals surface area contributed by atoms with E-state index in [4.69, 9.17) is 0 Å². The Hall–Kier alpha value is -2.69. The van der Waals surface area contributed by atoms with E-state index in [0.717, 1.165) is 31.7 Å². The molecule has 0 fully saturated rings. The molecule has 5 heteroatoms. The summed E-state index contributed by atoms with van der Waals surface area (Å²) in [5.41, 5.74) is 4.38. The molecule has 1 aliphatic rings. The highest BCUT2D eigenvalue weighted by molar-refractivity contribution is 5.91. The first-order valence-corrected chi connectivity index (χ1v) is 8.30. The Balaban J connectivity index is 1.69. The number of anilines is 1. The molecule has 0 spiro atoms. The first-order chi connectivity index (χ1) is 11.7. The number of aryl methyl sites for hydroxylation is 1. The second kappa shape index (κ2) is 7.25. The third-order valence-electron chi connectivity index (χ3n) is 4.38. The highest BCUT2D eigenvalue weighted by Crippen LogP contribution is 2.25. The molecule has 3 rings (SSSR count). The fourth-order valence-electron chi connectivity index (χ4n) is 2.84. The molecule has 124 valence electrons. The van der Waals surface area contributed by atoms with Crippen LogP contribution in [0, 0.1) is 0 Å². The number of nitrogens with one attached hydrogen (secondary N) is 1. The Labute approximate surface area is 142 Å². The molecule has 1 aliphatic heterocycles. The third kappa shape index (κ3) is 3.45. The fraction of sp³-hybridized carbons (Fsp3) is 0.316. The van der Waals surface area contributed by atoms with Gasteiger partial charge in [-0.25, -0.2) is 0 Å². The molecule has 0 unspecified atom stereocenters. The molecule has 2 aromatic rings. The third-order valence-corrected chi connectivity index (χ3v) is 4.38.